The van der Waals surface area contributed by atoms with Crippen LogP contribution in [0.15, 0.2) is 0 Å². The smallest absolute Gasteiger partial charge is 0.277 e. The van der Waals surface area contributed by atoms with Crippen LogP contribution in [0, 0.1) is 0 Å². The van der Waals surface area contributed by atoms with Gasteiger partial charge in [0.2, 0.25) is 0 Å². The van der Waals surface area contributed by atoms with Gasteiger partial charge in [0.15, 0.2) is 0 Å². The molecule has 1 atom stereocenters. The topological polar surface area (TPSA) is 98.7 Å². The minimum Gasteiger partial charge on any atom is -0.378 e. The molecule has 14 heavy (non-hydrogen) atoms. The first-order valence-electron chi connectivity index (χ1n) is 4.63. The van der Waals surface area contributed by atoms with Crippen LogP contribution in [0.3, 0.4) is 0 Å². The van der Waals surface area contributed by atoms with Gasteiger partial charge in [-0.05, 0) is 12.8 Å². The van der Waals surface area contributed by atoms with Gasteiger partial charge < -0.3 is 10.5 Å². The largest absolute Gasteiger partial charge is 0.378 e. The Labute approximate surface area is 84.4 Å². The van der Waals surface area contributed by atoms with E-state index in [4.69, 9.17) is 15.6 Å². The summed E-state index contributed by atoms with van der Waals surface area (Å²) >= 11 is 0. The van der Waals surface area contributed by atoms with Gasteiger partial charge in [0, 0.05) is 19.1 Å². The van der Waals surface area contributed by atoms with E-state index in [9.17, 15) is 8.42 Å². The summed E-state index contributed by atoms with van der Waals surface area (Å²) in [6.07, 6.45) is 1.65. The molecule has 84 valence electrons. The second-order valence-corrected chi connectivity index (χ2v) is 4.81. The molecule has 1 fully saturated rings. The molecular formula is C7H17N3O3S. The maximum absolute atomic E-state index is 11.1. The van der Waals surface area contributed by atoms with Crippen LogP contribution in [0.4, 0.5) is 0 Å². The zero-order valence-electron chi connectivity index (χ0n) is 8.05. The van der Waals surface area contributed by atoms with E-state index in [1.807, 2.05) is 0 Å². The maximum Gasteiger partial charge on any atom is 0.277 e. The fraction of sp³-hybridized carbons (Fsp3) is 1.00. The number of nitrogens with two attached hydrogens (primary N) is 2. The summed E-state index contributed by atoms with van der Waals surface area (Å²) in [5.41, 5.74) is 5.25. The normalized spacial score (nSPS) is 24.3. The van der Waals surface area contributed by atoms with Crippen LogP contribution >= 0.6 is 0 Å². The molecule has 0 amide bonds. The Hall–Kier alpha value is -0.210. The number of hydrogen-bond acceptors (Lipinski definition) is 4. The van der Waals surface area contributed by atoms with Crippen LogP contribution in [0.25, 0.3) is 0 Å². The molecular weight excluding hydrogens is 206 g/mol. The Kier molecular flexibility index (Phi) is 4.27. The molecule has 4 N–H and O–H groups in total. The van der Waals surface area contributed by atoms with Gasteiger partial charge in [-0.3, -0.25) is 0 Å². The molecule has 1 unspecified atom stereocenters. The van der Waals surface area contributed by atoms with Crippen LogP contribution in [-0.4, -0.2) is 45.1 Å². The molecule has 0 saturated carbocycles. The third-order valence-electron chi connectivity index (χ3n) is 2.22. The van der Waals surface area contributed by atoms with Crippen molar-refractivity contribution in [3.05, 3.63) is 0 Å². The van der Waals surface area contributed by atoms with Gasteiger partial charge in [-0.15, -0.1) is 0 Å². The SMILES string of the molecule is NCCOCC1CCCN1S(N)(=O)=O. The van der Waals surface area contributed by atoms with E-state index >= 15 is 0 Å². The molecule has 7 heteroatoms. The summed E-state index contributed by atoms with van der Waals surface area (Å²) < 4.78 is 28.7. The van der Waals surface area contributed by atoms with Crippen molar-refractivity contribution < 1.29 is 13.2 Å². The number of hydrogen-bond donors (Lipinski definition) is 2. The molecule has 0 aromatic rings. The van der Waals surface area contributed by atoms with E-state index in [2.05, 4.69) is 0 Å². The number of ether oxygens (including phenoxy) is 1. The average molecular weight is 223 g/mol. The van der Waals surface area contributed by atoms with Gasteiger partial charge >= 0.3 is 0 Å². The minimum atomic E-state index is -3.57. The Morgan fingerprint density at radius 2 is 2.21 bits per heavy atom. The lowest BCUT2D eigenvalue weighted by molar-refractivity contribution is 0.105. The fourth-order valence-corrected chi connectivity index (χ4v) is 2.58. The zero-order valence-corrected chi connectivity index (χ0v) is 8.87. The first kappa shape index (κ1) is 11.9. The summed E-state index contributed by atoms with van der Waals surface area (Å²) in [6.45, 7) is 1.78. The molecule has 0 spiro atoms. The first-order valence-corrected chi connectivity index (χ1v) is 6.13. The second-order valence-electron chi connectivity index (χ2n) is 3.32. The van der Waals surface area contributed by atoms with Crippen molar-refractivity contribution in [2.24, 2.45) is 10.9 Å². The van der Waals surface area contributed by atoms with Crippen LogP contribution in [0.5, 0.6) is 0 Å². The number of rotatable bonds is 5. The van der Waals surface area contributed by atoms with Gasteiger partial charge in [-0.1, -0.05) is 0 Å². The average Bonchev–Trinajstić information content (AvgIpc) is 2.52. The zero-order chi connectivity index (χ0) is 10.6. The van der Waals surface area contributed by atoms with Gasteiger partial charge in [0.1, 0.15) is 0 Å². The van der Waals surface area contributed by atoms with Crippen LogP contribution < -0.4 is 10.9 Å². The van der Waals surface area contributed by atoms with Gasteiger partial charge in [-0.2, -0.15) is 12.7 Å². The second kappa shape index (κ2) is 5.04. The Morgan fingerprint density at radius 1 is 1.50 bits per heavy atom. The highest BCUT2D eigenvalue weighted by atomic mass is 32.2. The molecule has 0 radical (unpaired) electrons. The van der Waals surface area contributed by atoms with Gasteiger partial charge in [-0.25, -0.2) is 5.14 Å². The van der Waals surface area contributed by atoms with Crippen LogP contribution in [0.1, 0.15) is 12.8 Å². The molecule has 1 aliphatic rings. The predicted octanol–water partition coefficient (Wildman–Crippen LogP) is -1.37. The summed E-state index contributed by atoms with van der Waals surface area (Å²) in [7, 11) is -3.57. The van der Waals surface area contributed by atoms with Crippen molar-refractivity contribution in [2.75, 3.05) is 26.3 Å². The van der Waals surface area contributed by atoms with Crippen LogP contribution in [-0.2, 0) is 14.9 Å². The fourth-order valence-electron chi connectivity index (χ4n) is 1.61. The van der Waals surface area contributed by atoms with Crippen molar-refractivity contribution >= 4 is 10.2 Å². The maximum atomic E-state index is 11.1. The molecule has 0 aliphatic carbocycles. The summed E-state index contributed by atoms with van der Waals surface area (Å²) in [4.78, 5) is 0. The highest BCUT2D eigenvalue weighted by Crippen LogP contribution is 2.19. The molecule has 0 aromatic heterocycles. The van der Waals surface area contributed by atoms with E-state index in [-0.39, 0.29) is 6.04 Å². The molecule has 0 aromatic carbocycles. The lowest BCUT2D eigenvalue weighted by Gasteiger charge is -2.21. The standard InChI is InChI=1S/C7H17N3O3S/c8-3-5-13-6-7-2-1-4-10(7)14(9,11)12/h7H,1-6,8H2,(H2,9,11,12). The lowest BCUT2D eigenvalue weighted by Crippen LogP contribution is -2.42. The quantitative estimate of drug-likeness (QED) is 0.562. The van der Waals surface area contributed by atoms with E-state index in [1.165, 1.54) is 4.31 Å². The monoisotopic (exact) mass is 223 g/mol. The van der Waals surface area contributed by atoms with E-state index in [0.29, 0.717) is 26.3 Å². The molecule has 1 heterocycles. The summed E-state index contributed by atoms with van der Waals surface area (Å²) in [5.74, 6) is 0. The van der Waals surface area contributed by atoms with Crippen LogP contribution in [0.2, 0.25) is 0 Å². The Bertz CT molecular complexity index is 267. The molecule has 1 rings (SSSR count). The predicted molar refractivity (Wildman–Crippen MR) is 52.7 cm³/mol. The summed E-state index contributed by atoms with van der Waals surface area (Å²) in [5, 5.41) is 5.05. The Balaban J connectivity index is 2.44. The highest BCUT2D eigenvalue weighted by Gasteiger charge is 2.31. The highest BCUT2D eigenvalue weighted by molar-refractivity contribution is 7.86. The number of nitrogens with zero attached hydrogens (tertiary/aromatic N) is 1. The van der Waals surface area contributed by atoms with Gasteiger partial charge in [0.05, 0.1) is 13.2 Å². The third kappa shape index (κ3) is 3.18. The van der Waals surface area contributed by atoms with Crippen molar-refractivity contribution in [3.63, 3.8) is 0 Å². The Morgan fingerprint density at radius 3 is 2.79 bits per heavy atom. The van der Waals surface area contributed by atoms with Crippen molar-refractivity contribution in [3.8, 4) is 0 Å². The van der Waals surface area contributed by atoms with E-state index < -0.39 is 10.2 Å². The molecule has 1 aliphatic heterocycles. The van der Waals surface area contributed by atoms with Gasteiger partial charge in [0.25, 0.3) is 10.2 Å². The van der Waals surface area contributed by atoms with Crippen molar-refractivity contribution in [1.82, 2.24) is 4.31 Å². The lowest BCUT2D eigenvalue weighted by atomic mass is 10.2. The van der Waals surface area contributed by atoms with Crippen molar-refractivity contribution in [2.45, 2.75) is 18.9 Å². The molecule has 0 bridgehead atoms. The first-order chi connectivity index (χ1) is 6.55. The van der Waals surface area contributed by atoms with E-state index in [1.54, 1.807) is 0 Å². The minimum absolute atomic E-state index is 0.114. The van der Waals surface area contributed by atoms with E-state index in [0.717, 1.165) is 12.8 Å². The van der Waals surface area contributed by atoms with Crippen molar-refractivity contribution in [1.29, 1.82) is 0 Å². The molecule has 6 nitrogen and oxygen atoms in total. The molecule has 1 saturated heterocycles. The third-order valence-corrected chi connectivity index (χ3v) is 3.36. The summed E-state index contributed by atoms with van der Waals surface area (Å²) in [6, 6.07) is -0.114.